The first-order valence-electron chi connectivity index (χ1n) is 3.64. The molecule has 66 valence electrons. The zero-order valence-electron chi connectivity index (χ0n) is 6.52. The van der Waals surface area contributed by atoms with Crippen molar-refractivity contribution in [2.75, 3.05) is 0 Å². The lowest BCUT2D eigenvalue weighted by atomic mass is 10.2. The Balaban J connectivity index is 2.28. The Kier molecular flexibility index (Phi) is 1.66. The summed E-state index contributed by atoms with van der Waals surface area (Å²) in [6.45, 7) is 0. The summed E-state index contributed by atoms with van der Waals surface area (Å²) in [6.07, 6.45) is 4.40. The Morgan fingerprint density at radius 2 is 2.15 bits per heavy atom. The summed E-state index contributed by atoms with van der Waals surface area (Å²) < 4.78 is 0. The molecule has 0 bridgehead atoms. The lowest BCUT2D eigenvalue weighted by Gasteiger charge is -2.03. The van der Waals surface area contributed by atoms with E-state index >= 15 is 0 Å². The van der Waals surface area contributed by atoms with Crippen LogP contribution in [0.2, 0.25) is 0 Å². The first kappa shape index (κ1) is 7.66. The molecule has 0 aromatic carbocycles. The first-order chi connectivity index (χ1) is 6.27. The number of hydrogen-bond donors (Lipinski definition) is 2. The van der Waals surface area contributed by atoms with Crippen LogP contribution in [0, 0.1) is 0 Å². The molecule has 0 saturated carbocycles. The molecular weight excluding hydrogens is 172 g/mol. The van der Waals surface area contributed by atoms with E-state index in [1.807, 2.05) is 0 Å². The third kappa shape index (κ3) is 1.33. The van der Waals surface area contributed by atoms with E-state index in [0.717, 1.165) is 0 Å². The summed E-state index contributed by atoms with van der Waals surface area (Å²) in [5, 5.41) is 4.53. The van der Waals surface area contributed by atoms with Crippen LogP contribution in [0.5, 0.6) is 0 Å². The van der Waals surface area contributed by atoms with Crippen molar-refractivity contribution in [3.05, 3.63) is 24.3 Å². The fourth-order valence-electron chi connectivity index (χ4n) is 1.08. The van der Waals surface area contributed by atoms with Gasteiger partial charge in [-0.15, -0.1) is 0 Å². The van der Waals surface area contributed by atoms with Crippen molar-refractivity contribution in [3.63, 3.8) is 0 Å². The van der Waals surface area contributed by atoms with E-state index in [2.05, 4.69) is 20.6 Å². The number of carbonyl (C=O) groups excluding carboxylic acids is 2. The standard InChI is InChI=1S/C7H6N4O2/c12-6-5(10-7(13)11-6)4-3-8-1-2-9-4/h1-3,5H,(H2,10,11,12,13). The van der Waals surface area contributed by atoms with Crippen LogP contribution < -0.4 is 10.6 Å². The van der Waals surface area contributed by atoms with Gasteiger partial charge in [-0.1, -0.05) is 0 Å². The van der Waals surface area contributed by atoms with Gasteiger partial charge in [-0.3, -0.25) is 20.1 Å². The predicted octanol–water partition coefficient (Wildman–Crippen LogP) is -0.643. The lowest BCUT2D eigenvalue weighted by Crippen LogP contribution is -2.22. The molecule has 2 rings (SSSR count). The van der Waals surface area contributed by atoms with Crippen molar-refractivity contribution in [3.8, 4) is 0 Å². The molecule has 1 unspecified atom stereocenters. The highest BCUT2D eigenvalue weighted by atomic mass is 16.2. The minimum Gasteiger partial charge on any atom is -0.321 e. The third-order valence-electron chi connectivity index (χ3n) is 1.65. The van der Waals surface area contributed by atoms with Gasteiger partial charge in [0.15, 0.2) is 6.04 Å². The van der Waals surface area contributed by atoms with Gasteiger partial charge in [0.25, 0.3) is 5.91 Å². The molecule has 1 aromatic rings. The van der Waals surface area contributed by atoms with Gasteiger partial charge in [0.2, 0.25) is 0 Å². The number of nitrogens with zero attached hydrogens (tertiary/aromatic N) is 2. The van der Waals surface area contributed by atoms with Gasteiger partial charge in [-0.25, -0.2) is 4.79 Å². The summed E-state index contributed by atoms with van der Waals surface area (Å²) in [5.41, 5.74) is 0.436. The Morgan fingerprint density at radius 3 is 2.69 bits per heavy atom. The number of imide groups is 1. The van der Waals surface area contributed by atoms with Crippen LogP contribution in [0.15, 0.2) is 18.6 Å². The zero-order chi connectivity index (χ0) is 9.26. The topological polar surface area (TPSA) is 84.0 Å². The Morgan fingerprint density at radius 1 is 1.31 bits per heavy atom. The zero-order valence-corrected chi connectivity index (χ0v) is 6.52. The average Bonchev–Trinajstić information content (AvgIpc) is 2.47. The second-order valence-corrected chi connectivity index (χ2v) is 2.53. The normalized spacial score (nSPS) is 21.1. The molecule has 1 atom stereocenters. The molecule has 6 nitrogen and oxygen atoms in total. The van der Waals surface area contributed by atoms with Crippen LogP contribution in [0.1, 0.15) is 11.7 Å². The number of nitrogens with one attached hydrogen (secondary N) is 2. The van der Waals surface area contributed by atoms with Gasteiger partial charge < -0.3 is 5.32 Å². The second-order valence-electron chi connectivity index (χ2n) is 2.53. The Bertz CT molecular complexity index is 351. The molecule has 0 radical (unpaired) electrons. The van der Waals surface area contributed by atoms with E-state index in [9.17, 15) is 9.59 Å². The molecule has 1 saturated heterocycles. The first-order valence-corrected chi connectivity index (χ1v) is 3.64. The largest absolute Gasteiger partial charge is 0.322 e. The average molecular weight is 178 g/mol. The SMILES string of the molecule is O=C1NC(=O)C(c2cnccn2)N1. The lowest BCUT2D eigenvalue weighted by molar-refractivity contribution is -0.120. The van der Waals surface area contributed by atoms with E-state index in [1.165, 1.54) is 18.6 Å². The molecule has 0 aliphatic carbocycles. The highest BCUT2D eigenvalue weighted by molar-refractivity contribution is 6.04. The summed E-state index contributed by atoms with van der Waals surface area (Å²) in [5.74, 6) is -0.398. The molecule has 1 fully saturated rings. The van der Waals surface area contributed by atoms with E-state index in [1.54, 1.807) is 0 Å². The molecule has 6 heteroatoms. The van der Waals surface area contributed by atoms with E-state index in [-0.39, 0.29) is 0 Å². The summed E-state index contributed by atoms with van der Waals surface area (Å²) in [4.78, 5) is 29.6. The van der Waals surface area contributed by atoms with Crippen molar-refractivity contribution in [2.45, 2.75) is 6.04 Å². The number of carbonyl (C=O) groups is 2. The van der Waals surface area contributed by atoms with Crippen molar-refractivity contribution in [2.24, 2.45) is 0 Å². The number of rotatable bonds is 1. The van der Waals surface area contributed by atoms with Gasteiger partial charge in [0.1, 0.15) is 0 Å². The smallest absolute Gasteiger partial charge is 0.321 e. The van der Waals surface area contributed by atoms with Gasteiger partial charge >= 0.3 is 6.03 Å². The fraction of sp³-hybridized carbons (Fsp3) is 0.143. The molecular formula is C7H6N4O2. The summed E-state index contributed by atoms with van der Waals surface area (Å²) in [6, 6.07) is -1.21. The van der Waals surface area contributed by atoms with Crippen molar-refractivity contribution in [1.82, 2.24) is 20.6 Å². The van der Waals surface area contributed by atoms with Gasteiger partial charge in [0, 0.05) is 12.4 Å². The third-order valence-corrected chi connectivity index (χ3v) is 1.65. The van der Waals surface area contributed by atoms with Crippen LogP contribution >= 0.6 is 0 Å². The minimum atomic E-state index is -0.707. The van der Waals surface area contributed by atoms with Crippen molar-refractivity contribution < 1.29 is 9.59 Å². The maximum absolute atomic E-state index is 11.1. The molecule has 1 aromatic heterocycles. The molecule has 1 aliphatic rings. The molecule has 1 aliphatic heterocycles. The van der Waals surface area contributed by atoms with E-state index < -0.39 is 18.0 Å². The number of amides is 3. The highest BCUT2D eigenvalue weighted by Gasteiger charge is 2.31. The summed E-state index contributed by atoms with van der Waals surface area (Å²) in [7, 11) is 0. The van der Waals surface area contributed by atoms with Gasteiger partial charge in [0.05, 0.1) is 11.9 Å². The molecule has 13 heavy (non-hydrogen) atoms. The molecule has 0 spiro atoms. The second kappa shape index (κ2) is 2.81. The van der Waals surface area contributed by atoms with E-state index in [4.69, 9.17) is 0 Å². The highest BCUT2D eigenvalue weighted by Crippen LogP contribution is 2.11. The Hall–Kier alpha value is -1.98. The van der Waals surface area contributed by atoms with Gasteiger partial charge in [-0.05, 0) is 0 Å². The van der Waals surface area contributed by atoms with Crippen molar-refractivity contribution in [1.29, 1.82) is 0 Å². The Labute approximate surface area is 73.4 Å². The summed E-state index contributed by atoms with van der Waals surface area (Å²) >= 11 is 0. The molecule has 3 amide bonds. The maximum atomic E-state index is 11.1. The molecule has 2 heterocycles. The number of urea groups is 1. The molecule has 2 N–H and O–H groups in total. The van der Waals surface area contributed by atoms with E-state index in [0.29, 0.717) is 5.69 Å². The number of aromatic nitrogens is 2. The quantitative estimate of drug-likeness (QED) is 0.560. The van der Waals surface area contributed by atoms with Crippen LogP contribution in [-0.4, -0.2) is 21.9 Å². The van der Waals surface area contributed by atoms with Crippen LogP contribution in [0.25, 0.3) is 0 Å². The van der Waals surface area contributed by atoms with Crippen LogP contribution in [0.3, 0.4) is 0 Å². The fourth-order valence-corrected chi connectivity index (χ4v) is 1.08. The monoisotopic (exact) mass is 178 g/mol. The minimum absolute atomic E-state index is 0.398. The van der Waals surface area contributed by atoms with Crippen LogP contribution in [-0.2, 0) is 4.79 Å². The van der Waals surface area contributed by atoms with Crippen LogP contribution in [0.4, 0.5) is 4.79 Å². The van der Waals surface area contributed by atoms with Gasteiger partial charge in [-0.2, -0.15) is 0 Å². The predicted molar refractivity (Wildman–Crippen MR) is 41.4 cm³/mol. The maximum Gasteiger partial charge on any atom is 0.322 e. The number of hydrogen-bond acceptors (Lipinski definition) is 4. The van der Waals surface area contributed by atoms with Crippen molar-refractivity contribution >= 4 is 11.9 Å².